The van der Waals surface area contributed by atoms with Crippen LogP contribution in [-0.4, -0.2) is 23.5 Å². The first-order valence-corrected chi connectivity index (χ1v) is 5.52. The maximum absolute atomic E-state index is 11.4. The fourth-order valence-corrected chi connectivity index (χ4v) is 1.30. The second kappa shape index (κ2) is 5.82. The number of carbonyl (C=O) groups excluding carboxylic acids is 1. The molecular weight excluding hydrogens is 258 g/mol. The van der Waals surface area contributed by atoms with Crippen molar-refractivity contribution in [2.45, 2.75) is 19.9 Å². The standard InChI is InChI=1S/C10H14BrN3O/c1-7(2)13-6-9(15)14-10-8(11)4-3-5-12-10/h3-5,7,13H,6H2,1-2H3,(H,12,14,15). The van der Waals surface area contributed by atoms with Crippen LogP contribution in [0.15, 0.2) is 22.8 Å². The monoisotopic (exact) mass is 271 g/mol. The SMILES string of the molecule is CC(C)NCC(=O)Nc1ncccc1Br. The number of pyridine rings is 1. The third-order valence-electron chi connectivity index (χ3n) is 1.69. The summed E-state index contributed by atoms with van der Waals surface area (Å²) in [5.41, 5.74) is 0. The van der Waals surface area contributed by atoms with Crippen LogP contribution in [0, 0.1) is 0 Å². The van der Waals surface area contributed by atoms with Gasteiger partial charge in [0.2, 0.25) is 5.91 Å². The van der Waals surface area contributed by atoms with E-state index >= 15 is 0 Å². The summed E-state index contributed by atoms with van der Waals surface area (Å²) in [5.74, 6) is 0.455. The average molecular weight is 272 g/mol. The van der Waals surface area contributed by atoms with Gasteiger partial charge in [-0.2, -0.15) is 0 Å². The van der Waals surface area contributed by atoms with Crippen molar-refractivity contribution >= 4 is 27.7 Å². The van der Waals surface area contributed by atoms with Gasteiger partial charge in [0.25, 0.3) is 0 Å². The van der Waals surface area contributed by atoms with E-state index in [9.17, 15) is 4.79 Å². The van der Waals surface area contributed by atoms with Crippen molar-refractivity contribution in [3.05, 3.63) is 22.8 Å². The van der Waals surface area contributed by atoms with E-state index in [-0.39, 0.29) is 5.91 Å². The molecule has 0 aliphatic heterocycles. The summed E-state index contributed by atoms with van der Waals surface area (Å²) < 4.78 is 0.780. The van der Waals surface area contributed by atoms with Gasteiger partial charge in [0.1, 0.15) is 5.82 Å². The summed E-state index contributed by atoms with van der Waals surface area (Å²) in [7, 11) is 0. The third-order valence-corrected chi connectivity index (χ3v) is 2.33. The topological polar surface area (TPSA) is 54.0 Å². The third kappa shape index (κ3) is 4.40. The lowest BCUT2D eigenvalue weighted by molar-refractivity contribution is -0.115. The van der Waals surface area contributed by atoms with E-state index in [1.165, 1.54) is 0 Å². The maximum atomic E-state index is 11.4. The summed E-state index contributed by atoms with van der Waals surface area (Å²) in [6.07, 6.45) is 1.64. The van der Waals surface area contributed by atoms with Crippen molar-refractivity contribution in [2.75, 3.05) is 11.9 Å². The lowest BCUT2D eigenvalue weighted by Crippen LogP contribution is -2.32. The first-order chi connectivity index (χ1) is 7.09. The summed E-state index contributed by atoms with van der Waals surface area (Å²) in [6, 6.07) is 3.92. The molecule has 0 spiro atoms. The zero-order valence-electron chi connectivity index (χ0n) is 8.75. The minimum Gasteiger partial charge on any atom is -0.309 e. The van der Waals surface area contributed by atoms with Crippen molar-refractivity contribution in [1.82, 2.24) is 10.3 Å². The van der Waals surface area contributed by atoms with Crippen molar-refractivity contribution in [3.8, 4) is 0 Å². The van der Waals surface area contributed by atoms with Crippen LogP contribution < -0.4 is 10.6 Å². The van der Waals surface area contributed by atoms with Gasteiger partial charge in [-0.15, -0.1) is 0 Å². The predicted molar refractivity (Wildman–Crippen MR) is 63.7 cm³/mol. The molecule has 15 heavy (non-hydrogen) atoms. The molecule has 0 aliphatic rings. The lowest BCUT2D eigenvalue weighted by Gasteiger charge is -2.08. The van der Waals surface area contributed by atoms with Gasteiger partial charge in [-0.25, -0.2) is 4.98 Å². The Morgan fingerprint density at radius 3 is 2.93 bits per heavy atom. The minimum absolute atomic E-state index is 0.0944. The maximum Gasteiger partial charge on any atom is 0.239 e. The molecule has 0 aliphatic carbocycles. The van der Waals surface area contributed by atoms with Gasteiger partial charge in [-0.1, -0.05) is 13.8 Å². The van der Waals surface area contributed by atoms with Gasteiger partial charge in [0.15, 0.2) is 0 Å². The number of hydrogen-bond acceptors (Lipinski definition) is 3. The van der Waals surface area contributed by atoms with Gasteiger partial charge in [0.05, 0.1) is 11.0 Å². The average Bonchev–Trinajstić information content (AvgIpc) is 2.18. The van der Waals surface area contributed by atoms with Gasteiger partial charge >= 0.3 is 0 Å². The number of amides is 1. The second-order valence-corrected chi connectivity index (χ2v) is 4.27. The molecule has 0 radical (unpaired) electrons. The number of halogens is 1. The highest BCUT2D eigenvalue weighted by molar-refractivity contribution is 9.10. The Labute approximate surface area is 97.6 Å². The second-order valence-electron chi connectivity index (χ2n) is 3.42. The number of anilines is 1. The summed E-state index contributed by atoms with van der Waals surface area (Å²) in [6.45, 7) is 4.27. The van der Waals surface area contributed by atoms with Crippen LogP contribution >= 0.6 is 15.9 Å². The smallest absolute Gasteiger partial charge is 0.239 e. The van der Waals surface area contributed by atoms with E-state index in [2.05, 4.69) is 31.5 Å². The molecular formula is C10H14BrN3O. The Bertz CT molecular complexity index is 341. The van der Waals surface area contributed by atoms with Crippen LogP contribution in [0.1, 0.15) is 13.8 Å². The molecule has 0 saturated heterocycles. The molecule has 1 heterocycles. The van der Waals surface area contributed by atoms with Crippen molar-refractivity contribution in [2.24, 2.45) is 0 Å². The number of aromatic nitrogens is 1. The van der Waals surface area contributed by atoms with Gasteiger partial charge < -0.3 is 10.6 Å². The summed E-state index contributed by atoms with van der Waals surface area (Å²) in [5, 5.41) is 5.74. The van der Waals surface area contributed by atoms with Crippen LogP contribution in [0.25, 0.3) is 0 Å². The molecule has 0 atom stereocenters. The molecule has 1 aromatic heterocycles. The quantitative estimate of drug-likeness (QED) is 0.878. The molecule has 2 N–H and O–H groups in total. The van der Waals surface area contributed by atoms with Crippen LogP contribution in [-0.2, 0) is 4.79 Å². The summed E-state index contributed by atoms with van der Waals surface area (Å²) >= 11 is 3.31. The number of rotatable bonds is 4. The molecule has 1 aromatic rings. The molecule has 0 saturated carbocycles. The van der Waals surface area contributed by atoms with Gasteiger partial charge in [-0.05, 0) is 28.1 Å². The van der Waals surface area contributed by atoms with Crippen LogP contribution in [0.5, 0.6) is 0 Å². The Hall–Kier alpha value is -0.940. The number of carbonyl (C=O) groups is 1. The molecule has 1 amide bonds. The van der Waals surface area contributed by atoms with E-state index < -0.39 is 0 Å². The molecule has 0 fully saturated rings. The Kier molecular flexibility index (Phi) is 4.71. The largest absolute Gasteiger partial charge is 0.309 e. The van der Waals surface area contributed by atoms with Gasteiger partial charge in [-0.3, -0.25) is 4.79 Å². The highest BCUT2D eigenvalue weighted by atomic mass is 79.9. The highest BCUT2D eigenvalue weighted by Crippen LogP contribution is 2.17. The first-order valence-electron chi connectivity index (χ1n) is 4.73. The fraction of sp³-hybridized carbons (Fsp3) is 0.400. The van der Waals surface area contributed by atoms with E-state index in [1.54, 1.807) is 12.3 Å². The van der Waals surface area contributed by atoms with E-state index in [4.69, 9.17) is 0 Å². The molecule has 82 valence electrons. The molecule has 1 rings (SSSR count). The highest BCUT2D eigenvalue weighted by Gasteiger charge is 2.05. The van der Waals surface area contributed by atoms with Crippen molar-refractivity contribution in [1.29, 1.82) is 0 Å². The van der Waals surface area contributed by atoms with Crippen molar-refractivity contribution in [3.63, 3.8) is 0 Å². The molecule has 0 unspecified atom stereocenters. The Balaban J connectivity index is 2.48. The van der Waals surface area contributed by atoms with Gasteiger partial charge in [0, 0.05) is 12.2 Å². The van der Waals surface area contributed by atoms with E-state index in [1.807, 2.05) is 19.9 Å². The van der Waals surface area contributed by atoms with E-state index in [0.29, 0.717) is 18.4 Å². The Morgan fingerprint density at radius 2 is 2.33 bits per heavy atom. The number of nitrogens with one attached hydrogen (secondary N) is 2. The summed E-state index contributed by atoms with van der Waals surface area (Å²) in [4.78, 5) is 15.5. The zero-order valence-corrected chi connectivity index (χ0v) is 10.3. The minimum atomic E-state index is -0.0944. The fourth-order valence-electron chi connectivity index (χ4n) is 0.951. The number of nitrogens with zero attached hydrogens (tertiary/aromatic N) is 1. The van der Waals surface area contributed by atoms with Crippen molar-refractivity contribution < 1.29 is 4.79 Å². The van der Waals surface area contributed by atoms with Crippen LogP contribution in [0.4, 0.5) is 5.82 Å². The zero-order chi connectivity index (χ0) is 11.3. The van der Waals surface area contributed by atoms with Crippen LogP contribution in [0.2, 0.25) is 0 Å². The lowest BCUT2D eigenvalue weighted by atomic mass is 10.4. The molecule has 0 aromatic carbocycles. The first kappa shape index (κ1) is 12.1. The predicted octanol–water partition coefficient (Wildman–Crippen LogP) is 1.78. The molecule has 0 bridgehead atoms. The normalized spacial score (nSPS) is 10.4. The number of hydrogen-bond donors (Lipinski definition) is 2. The van der Waals surface area contributed by atoms with Crippen LogP contribution in [0.3, 0.4) is 0 Å². The molecule has 5 heteroatoms. The molecule has 4 nitrogen and oxygen atoms in total. The van der Waals surface area contributed by atoms with E-state index in [0.717, 1.165) is 4.47 Å². The Morgan fingerprint density at radius 1 is 1.60 bits per heavy atom.